The number of halogens is 3. The number of fused-ring (bicyclic) bond motifs is 1. The van der Waals surface area contributed by atoms with E-state index in [1.807, 2.05) is 0 Å². The minimum absolute atomic E-state index is 0.00242. The molecule has 2 aromatic carbocycles. The van der Waals surface area contributed by atoms with Crippen LogP contribution in [0.3, 0.4) is 0 Å². The van der Waals surface area contributed by atoms with Crippen molar-refractivity contribution >= 4 is 17.3 Å². The molecule has 4 nitrogen and oxygen atoms in total. The first-order valence-electron chi connectivity index (χ1n) is 6.74. The number of alkyl halides is 3. The maximum absolute atomic E-state index is 12.3. The lowest BCUT2D eigenvalue weighted by molar-refractivity contribution is -0.274. The first-order valence-corrected chi connectivity index (χ1v) is 6.74. The Morgan fingerprint density at radius 1 is 1.09 bits per heavy atom. The Morgan fingerprint density at radius 3 is 2.52 bits per heavy atom. The second kappa shape index (κ2) is 5.49. The third-order valence-electron chi connectivity index (χ3n) is 3.44. The summed E-state index contributed by atoms with van der Waals surface area (Å²) in [6.45, 7) is 0. The van der Waals surface area contributed by atoms with Crippen molar-refractivity contribution in [3.63, 3.8) is 0 Å². The van der Waals surface area contributed by atoms with Gasteiger partial charge in [-0.1, -0.05) is 12.1 Å². The minimum atomic E-state index is -4.76. The van der Waals surface area contributed by atoms with Gasteiger partial charge in [-0.15, -0.1) is 13.2 Å². The molecule has 0 radical (unpaired) electrons. The van der Waals surface area contributed by atoms with Crippen LogP contribution in [0.15, 0.2) is 42.5 Å². The van der Waals surface area contributed by atoms with Gasteiger partial charge in [-0.25, -0.2) is 0 Å². The third-order valence-corrected chi connectivity index (χ3v) is 3.44. The van der Waals surface area contributed by atoms with Crippen LogP contribution in [0.2, 0.25) is 0 Å². The van der Waals surface area contributed by atoms with Crippen molar-refractivity contribution in [3.8, 4) is 11.5 Å². The summed E-state index contributed by atoms with van der Waals surface area (Å²) in [4.78, 5) is 13.7. The number of amides is 1. The van der Waals surface area contributed by atoms with Gasteiger partial charge < -0.3 is 9.47 Å². The van der Waals surface area contributed by atoms with Crippen molar-refractivity contribution in [2.75, 3.05) is 12.0 Å². The number of para-hydroxylation sites is 2. The molecule has 1 amide bonds. The number of carbonyl (C=O) groups is 1. The Kier molecular flexibility index (Phi) is 3.63. The normalized spacial score (nSPS) is 13.9. The van der Waals surface area contributed by atoms with Crippen molar-refractivity contribution in [3.05, 3.63) is 48.0 Å². The molecule has 1 aliphatic rings. The predicted octanol–water partition coefficient (Wildman–Crippen LogP) is 3.81. The lowest BCUT2D eigenvalue weighted by Gasteiger charge is -2.20. The highest BCUT2D eigenvalue weighted by Crippen LogP contribution is 2.41. The van der Waals surface area contributed by atoms with E-state index in [-0.39, 0.29) is 18.1 Å². The van der Waals surface area contributed by atoms with E-state index in [2.05, 4.69) is 4.74 Å². The molecule has 2 aromatic rings. The molecule has 0 aromatic heterocycles. The summed E-state index contributed by atoms with van der Waals surface area (Å²) < 4.78 is 46.0. The molecule has 0 unspecified atom stereocenters. The van der Waals surface area contributed by atoms with Crippen LogP contribution >= 0.6 is 0 Å². The number of carbonyl (C=O) groups excluding carboxylic acids is 1. The van der Waals surface area contributed by atoms with Gasteiger partial charge in [-0.3, -0.25) is 9.69 Å². The van der Waals surface area contributed by atoms with Crippen molar-refractivity contribution in [2.45, 2.75) is 12.8 Å². The van der Waals surface area contributed by atoms with E-state index in [0.29, 0.717) is 22.7 Å². The van der Waals surface area contributed by atoms with Gasteiger partial charge in [0.15, 0.2) is 0 Å². The maximum atomic E-state index is 12.3. The smallest absolute Gasteiger partial charge is 0.495 e. The lowest BCUT2D eigenvalue weighted by Crippen LogP contribution is -2.21. The first kappa shape index (κ1) is 15.2. The number of benzene rings is 2. The fraction of sp³-hybridized carbons (Fsp3) is 0.188. The summed E-state index contributed by atoms with van der Waals surface area (Å²) in [5.74, 6) is -0.0797. The van der Waals surface area contributed by atoms with Crippen molar-refractivity contribution in [1.82, 2.24) is 0 Å². The quantitative estimate of drug-likeness (QED) is 0.862. The van der Waals surface area contributed by atoms with Gasteiger partial charge in [-0.05, 0) is 35.9 Å². The Balaban J connectivity index is 2.00. The molecule has 1 aliphatic heterocycles. The molecule has 0 saturated carbocycles. The van der Waals surface area contributed by atoms with Gasteiger partial charge in [0.25, 0.3) is 0 Å². The van der Waals surface area contributed by atoms with Gasteiger partial charge >= 0.3 is 6.36 Å². The minimum Gasteiger partial charge on any atom is -0.495 e. The SMILES string of the molecule is COc1ccccc1N1C(=O)Cc2cc(OC(F)(F)F)ccc21. The molecule has 0 spiro atoms. The highest BCUT2D eigenvalue weighted by Gasteiger charge is 2.34. The molecule has 120 valence electrons. The van der Waals surface area contributed by atoms with Crippen LogP contribution in [0.4, 0.5) is 24.5 Å². The summed E-state index contributed by atoms with van der Waals surface area (Å²) in [6.07, 6.45) is -4.76. The first-order chi connectivity index (χ1) is 10.9. The summed E-state index contributed by atoms with van der Waals surface area (Å²) in [7, 11) is 1.49. The van der Waals surface area contributed by atoms with Gasteiger partial charge in [0.05, 0.1) is 24.9 Å². The van der Waals surface area contributed by atoms with Crippen LogP contribution in [0, 0.1) is 0 Å². The molecule has 3 rings (SSSR count). The van der Waals surface area contributed by atoms with Gasteiger partial charge in [0, 0.05) is 0 Å². The number of methoxy groups -OCH3 is 1. The molecule has 1 heterocycles. The van der Waals surface area contributed by atoms with E-state index in [4.69, 9.17) is 4.74 Å². The number of hydrogen-bond acceptors (Lipinski definition) is 3. The summed E-state index contributed by atoms with van der Waals surface area (Å²) in [6, 6.07) is 10.8. The molecular formula is C16H12F3NO3. The molecule has 7 heteroatoms. The van der Waals surface area contributed by atoms with Crippen molar-refractivity contribution in [1.29, 1.82) is 0 Å². The number of hydrogen-bond donors (Lipinski definition) is 0. The Bertz CT molecular complexity index is 758. The zero-order chi connectivity index (χ0) is 16.6. The molecular weight excluding hydrogens is 311 g/mol. The molecule has 0 aliphatic carbocycles. The van der Waals surface area contributed by atoms with Crippen LogP contribution in [-0.2, 0) is 11.2 Å². The van der Waals surface area contributed by atoms with E-state index < -0.39 is 6.36 Å². The van der Waals surface area contributed by atoms with Gasteiger partial charge in [0.2, 0.25) is 5.91 Å². The monoisotopic (exact) mass is 323 g/mol. The number of ether oxygens (including phenoxy) is 2. The van der Waals surface area contributed by atoms with E-state index >= 15 is 0 Å². The van der Waals surface area contributed by atoms with Crippen molar-refractivity contribution in [2.24, 2.45) is 0 Å². The fourth-order valence-electron chi connectivity index (χ4n) is 2.57. The molecule has 23 heavy (non-hydrogen) atoms. The van der Waals surface area contributed by atoms with E-state index in [1.54, 1.807) is 24.3 Å². The summed E-state index contributed by atoms with van der Waals surface area (Å²) in [5.41, 5.74) is 1.54. The average molecular weight is 323 g/mol. The predicted molar refractivity (Wildman–Crippen MR) is 77.0 cm³/mol. The second-order valence-corrected chi connectivity index (χ2v) is 4.92. The summed E-state index contributed by atoms with van der Waals surface area (Å²) in [5, 5.41) is 0. The topological polar surface area (TPSA) is 38.8 Å². The van der Waals surface area contributed by atoms with Crippen molar-refractivity contribution < 1.29 is 27.4 Å². The highest BCUT2D eigenvalue weighted by atomic mass is 19.4. The van der Waals surface area contributed by atoms with Crippen LogP contribution in [-0.4, -0.2) is 19.4 Å². The van der Waals surface area contributed by atoms with E-state index in [0.717, 1.165) is 0 Å². The largest absolute Gasteiger partial charge is 0.573 e. The van der Waals surface area contributed by atoms with Gasteiger partial charge in [-0.2, -0.15) is 0 Å². The Hall–Kier alpha value is -2.70. The number of nitrogens with zero attached hydrogens (tertiary/aromatic N) is 1. The van der Waals surface area contributed by atoms with E-state index in [9.17, 15) is 18.0 Å². The zero-order valence-electron chi connectivity index (χ0n) is 12.1. The van der Waals surface area contributed by atoms with Gasteiger partial charge in [0.1, 0.15) is 11.5 Å². The molecule has 0 N–H and O–H groups in total. The zero-order valence-corrected chi connectivity index (χ0v) is 12.1. The molecule has 0 bridgehead atoms. The second-order valence-electron chi connectivity index (χ2n) is 4.92. The van der Waals surface area contributed by atoms with Crippen LogP contribution in [0.5, 0.6) is 11.5 Å². The third kappa shape index (κ3) is 2.94. The fourth-order valence-corrected chi connectivity index (χ4v) is 2.57. The van der Waals surface area contributed by atoms with Crippen LogP contribution < -0.4 is 14.4 Å². The van der Waals surface area contributed by atoms with Crippen LogP contribution in [0.1, 0.15) is 5.56 Å². The standard InChI is InChI=1S/C16H12F3NO3/c1-22-14-5-3-2-4-13(14)20-12-7-6-11(23-16(17,18)19)8-10(12)9-15(20)21/h2-8H,9H2,1H3. The highest BCUT2D eigenvalue weighted by molar-refractivity contribution is 6.08. The van der Waals surface area contributed by atoms with E-state index in [1.165, 1.54) is 30.2 Å². The molecule has 0 saturated heterocycles. The lowest BCUT2D eigenvalue weighted by atomic mass is 10.1. The molecule has 0 atom stereocenters. The van der Waals surface area contributed by atoms with Crippen LogP contribution in [0.25, 0.3) is 0 Å². The number of anilines is 2. The average Bonchev–Trinajstić information content (AvgIpc) is 2.80. The maximum Gasteiger partial charge on any atom is 0.573 e. The Labute approximate surface area is 130 Å². The Morgan fingerprint density at radius 2 is 1.83 bits per heavy atom. The summed E-state index contributed by atoms with van der Waals surface area (Å²) >= 11 is 0. The number of rotatable bonds is 3. The molecule has 0 fully saturated rings.